The van der Waals surface area contributed by atoms with E-state index in [1.54, 1.807) is 60.7 Å². The number of aromatic hydroxyl groups is 1. The molecule has 0 heterocycles. The number of benzene rings is 5. The molecule has 0 fully saturated rings. The second kappa shape index (κ2) is 18.4. The third kappa shape index (κ3) is 11.0. The van der Waals surface area contributed by atoms with Crippen LogP contribution in [0.15, 0.2) is 146 Å². The largest absolute Gasteiger partial charge is 0.508 e. The Labute approximate surface area is 296 Å². The van der Waals surface area contributed by atoms with Gasteiger partial charge >= 0.3 is 18.2 Å². The molecule has 10 nitrogen and oxygen atoms in total. The van der Waals surface area contributed by atoms with Crippen molar-refractivity contribution in [2.75, 3.05) is 0 Å². The number of phenolic OH excluding ortho intramolecular Hbond substituents is 1. The molecule has 0 aromatic heterocycles. The number of imide groups is 1. The lowest BCUT2D eigenvalue weighted by atomic mass is 10.0. The van der Waals surface area contributed by atoms with E-state index in [1.165, 1.54) is 12.1 Å². The molecule has 0 aliphatic rings. The van der Waals surface area contributed by atoms with Crippen LogP contribution in [0.1, 0.15) is 27.8 Å². The predicted molar refractivity (Wildman–Crippen MR) is 189 cm³/mol. The summed E-state index contributed by atoms with van der Waals surface area (Å²) in [7, 11) is 0. The quantitative estimate of drug-likeness (QED) is 0.0969. The lowest BCUT2D eigenvalue weighted by Crippen LogP contribution is -2.56. The minimum absolute atomic E-state index is 0.00904. The molecule has 2 N–H and O–H groups in total. The van der Waals surface area contributed by atoms with Crippen molar-refractivity contribution in [2.45, 2.75) is 44.7 Å². The Morgan fingerprint density at radius 3 is 1.35 bits per heavy atom. The number of phenols is 1. The summed E-state index contributed by atoms with van der Waals surface area (Å²) in [5.41, 5.74) is 3.33. The zero-order chi connectivity index (χ0) is 35.8. The number of rotatable bonds is 14. The fourth-order valence-electron chi connectivity index (χ4n) is 5.20. The van der Waals surface area contributed by atoms with Crippen molar-refractivity contribution in [1.82, 2.24) is 10.2 Å². The monoisotopic (exact) mass is 686 g/mol. The first kappa shape index (κ1) is 35.9. The molecule has 51 heavy (non-hydrogen) atoms. The van der Waals surface area contributed by atoms with Gasteiger partial charge in [0.1, 0.15) is 37.7 Å². The highest BCUT2D eigenvalue weighted by molar-refractivity contribution is 5.97. The summed E-state index contributed by atoms with van der Waals surface area (Å²) >= 11 is 0. The second-order valence-corrected chi connectivity index (χ2v) is 11.7. The number of nitrogens with one attached hydrogen (secondary N) is 1. The average Bonchev–Trinajstić information content (AvgIpc) is 3.17. The SMILES string of the molecule is O=C(N[C@H](Cc1ccccc1)C(=O)OCc1ccccc1)[C@@H](Cc1ccc(O)cc1)N(C(=O)OCc1ccccc1)C(=O)OCc1ccccc1. The molecule has 5 aromatic carbocycles. The maximum atomic E-state index is 14.4. The molecule has 0 bridgehead atoms. The molecule has 5 rings (SSSR count). The third-order valence-corrected chi connectivity index (χ3v) is 7.89. The van der Waals surface area contributed by atoms with Crippen molar-refractivity contribution in [3.8, 4) is 5.75 Å². The van der Waals surface area contributed by atoms with Gasteiger partial charge in [0.05, 0.1) is 0 Å². The van der Waals surface area contributed by atoms with E-state index in [4.69, 9.17) is 14.2 Å². The minimum Gasteiger partial charge on any atom is -0.508 e. The molecule has 3 amide bonds. The fourth-order valence-corrected chi connectivity index (χ4v) is 5.20. The first-order valence-corrected chi connectivity index (χ1v) is 16.4. The second-order valence-electron chi connectivity index (χ2n) is 11.7. The zero-order valence-electron chi connectivity index (χ0n) is 27.8. The zero-order valence-corrected chi connectivity index (χ0v) is 27.8. The first-order chi connectivity index (χ1) is 24.9. The Balaban J connectivity index is 1.45. The van der Waals surface area contributed by atoms with Gasteiger partial charge in [-0.2, -0.15) is 4.90 Å². The van der Waals surface area contributed by atoms with E-state index in [0.29, 0.717) is 21.6 Å². The van der Waals surface area contributed by atoms with Crippen molar-refractivity contribution >= 4 is 24.1 Å². The van der Waals surface area contributed by atoms with E-state index in [2.05, 4.69) is 5.32 Å². The van der Waals surface area contributed by atoms with Gasteiger partial charge in [-0.05, 0) is 39.9 Å². The van der Waals surface area contributed by atoms with E-state index in [0.717, 1.165) is 11.1 Å². The van der Waals surface area contributed by atoms with E-state index >= 15 is 0 Å². The Hall–Kier alpha value is -6.42. The number of carbonyl (C=O) groups is 4. The highest BCUT2D eigenvalue weighted by Crippen LogP contribution is 2.19. The molecule has 0 aliphatic heterocycles. The molecule has 0 radical (unpaired) electrons. The Morgan fingerprint density at radius 1 is 0.510 bits per heavy atom. The molecular formula is C41H38N2O8. The summed E-state index contributed by atoms with van der Waals surface area (Å²) in [6.45, 7) is -0.391. The third-order valence-electron chi connectivity index (χ3n) is 7.89. The number of nitrogens with zero attached hydrogens (tertiary/aromatic N) is 1. The summed E-state index contributed by atoms with van der Waals surface area (Å²) in [6, 6.07) is 39.2. The lowest BCUT2D eigenvalue weighted by Gasteiger charge is -2.29. The van der Waals surface area contributed by atoms with Gasteiger partial charge in [0.2, 0.25) is 5.91 Å². The summed E-state index contributed by atoms with van der Waals surface area (Å²) < 4.78 is 16.7. The molecule has 0 saturated heterocycles. The Bertz CT molecular complexity index is 1800. The van der Waals surface area contributed by atoms with Gasteiger partial charge in [0.25, 0.3) is 0 Å². The predicted octanol–water partition coefficient (Wildman–Crippen LogP) is 6.75. The van der Waals surface area contributed by atoms with Gasteiger partial charge in [0, 0.05) is 12.8 Å². The molecular weight excluding hydrogens is 648 g/mol. The Morgan fingerprint density at radius 2 is 0.902 bits per heavy atom. The fraction of sp³-hybridized carbons (Fsp3) is 0.171. The molecule has 2 atom stereocenters. The van der Waals surface area contributed by atoms with Crippen molar-refractivity contribution in [2.24, 2.45) is 0 Å². The van der Waals surface area contributed by atoms with Gasteiger partial charge in [-0.3, -0.25) is 4.79 Å². The van der Waals surface area contributed by atoms with Crippen LogP contribution in [0, 0.1) is 0 Å². The molecule has 260 valence electrons. The van der Waals surface area contributed by atoms with Crippen LogP contribution < -0.4 is 5.32 Å². The van der Waals surface area contributed by atoms with E-state index in [1.807, 2.05) is 72.8 Å². The summed E-state index contributed by atoms with van der Waals surface area (Å²) in [6.07, 6.45) is -2.36. The number of hydrogen-bond donors (Lipinski definition) is 2. The van der Waals surface area contributed by atoms with E-state index in [-0.39, 0.29) is 38.4 Å². The maximum Gasteiger partial charge on any atom is 0.420 e. The number of ether oxygens (including phenoxy) is 3. The van der Waals surface area contributed by atoms with Crippen LogP contribution in [0.25, 0.3) is 0 Å². The number of hydrogen-bond acceptors (Lipinski definition) is 8. The summed E-state index contributed by atoms with van der Waals surface area (Å²) in [5.74, 6) is -1.54. The van der Waals surface area contributed by atoms with Crippen LogP contribution in [0.2, 0.25) is 0 Å². The number of amides is 3. The normalized spacial score (nSPS) is 11.8. The van der Waals surface area contributed by atoms with Gasteiger partial charge in [-0.15, -0.1) is 0 Å². The topological polar surface area (TPSA) is 131 Å². The van der Waals surface area contributed by atoms with Crippen molar-refractivity contribution in [3.05, 3.63) is 173 Å². The van der Waals surface area contributed by atoms with Crippen LogP contribution in [0.5, 0.6) is 5.75 Å². The molecule has 10 heteroatoms. The smallest absolute Gasteiger partial charge is 0.420 e. The number of esters is 1. The Kier molecular flexibility index (Phi) is 12.9. The standard InChI is InChI=1S/C41H38N2O8/c44-35-23-21-31(22-24-35)26-37(38(45)42-36(25-30-13-5-1-6-14-30)39(46)49-27-32-15-7-2-8-16-32)43(40(47)50-28-33-17-9-3-10-18-33)41(48)51-29-34-19-11-4-12-20-34/h1-24,36-37,44H,25-29H2,(H,42,45)/t36-,37-/m1/s1. The maximum absolute atomic E-state index is 14.4. The molecule has 0 spiro atoms. The van der Waals surface area contributed by atoms with Crippen molar-refractivity contribution in [1.29, 1.82) is 0 Å². The van der Waals surface area contributed by atoms with Gasteiger partial charge in [-0.1, -0.05) is 133 Å². The summed E-state index contributed by atoms with van der Waals surface area (Å²) in [4.78, 5) is 56.2. The molecule has 0 aliphatic carbocycles. The minimum atomic E-state index is -1.54. The molecule has 5 aromatic rings. The average molecular weight is 687 g/mol. The molecule has 0 unspecified atom stereocenters. The van der Waals surface area contributed by atoms with Crippen LogP contribution in [0.3, 0.4) is 0 Å². The van der Waals surface area contributed by atoms with Gasteiger partial charge in [-0.25, -0.2) is 14.4 Å². The highest BCUT2D eigenvalue weighted by Gasteiger charge is 2.39. The van der Waals surface area contributed by atoms with Crippen LogP contribution in [0.4, 0.5) is 9.59 Å². The van der Waals surface area contributed by atoms with Crippen molar-refractivity contribution < 1.29 is 38.5 Å². The van der Waals surface area contributed by atoms with E-state index in [9.17, 15) is 24.3 Å². The van der Waals surface area contributed by atoms with Gasteiger partial charge in [0.15, 0.2) is 0 Å². The van der Waals surface area contributed by atoms with Crippen LogP contribution in [-0.2, 0) is 56.5 Å². The van der Waals surface area contributed by atoms with Crippen molar-refractivity contribution in [3.63, 3.8) is 0 Å². The first-order valence-electron chi connectivity index (χ1n) is 16.4. The lowest BCUT2D eigenvalue weighted by molar-refractivity contribution is -0.149. The van der Waals surface area contributed by atoms with Crippen LogP contribution >= 0.6 is 0 Å². The van der Waals surface area contributed by atoms with E-state index < -0.39 is 36.1 Å². The number of carbonyl (C=O) groups excluding carboxylic acids is 4. The summed E-state index contributed by atoms with van der Waals surface area (Å²) in [5, 5.41) is 12.7. The van der Waals surface area contributed by atoms with Crippen LogP contribution in [-0.4, -0.2) is 46.2 Å². The van der Waals surface area contributed by atoms with Gasteiger partial charge < -0.3 is 24.6 Å². The molecule has 0 saturated carbocycles. The highest BCUT2D eigenvalue weighted by atomic mass is 16.6.